The molecule has 1 aromatic carbocycles. The molecule has 1 fully saturated rings. The van der Waals surface area contributed by atoms with Crippen LogP contribution in [0.25, 0.3) is 0 Å². The van der Waals surface area contributed by atoms with Crippen LogP contribution >= 0.6 is 0 Å². The molecule has 0 heterocycles. The Morgan fingerprint density at radius 1 is 1.28 bits per heavy atom. The normalized spacial score (nSPS) is 22.4. The van der Waals surface area contributed by atoms with Crippen molar-refractivity contribution in [1.29, 1.82) is 0 Å². The zero-order chi connectivity index (χ0) is 13.3. The van der Waals surface area contributed by atoms with Crippen LogP contribution in [0.3, 0.4) is 0 Å². The maximum Gasteiger partial charge on any atom is 0.254 e. The molecule has 1 aromatic rings. The van der Waals surface area contributed by atoms with Gasteiger partial charge in [0.05, 0.1) is 11.7 Å². The molecule has 0 bridgehead atoms. The van der Waals surface area contributed by atoms with E-state index in [-0.39, 0.29) is 18.6 Å². The summed E-state index contributed by atoms with van der Waals surface area (Å²) in [7, 11) is 0. The van der Waals surface area contributed by atoms with Crippen LogP contribution < -0.4 is 5.32 Å². The molecule has 6 heteroatoms. The quantitative estimate of drug-likeness (QED) is 0.810. The molecule has 1 saturated carbocycles. The minimum atomic E-state index is -1.65. The van der Waals surface area contributed by atoms with E-state index in [0.717, 1.165) is 6.07 Å². The zero-order valence-electron chi connectivity index (χ0n) is 9.42. The van der Waals surface area contributed by atoms with Crippen molar-refractivity contribution >= 4 is 5.91 Å². The van der Waals surface area contributed by atoms with E-state index in [2.05, 4.69) is 5.32 Å². The summed E-state index contributed by atoms with van der Waals surface area (Å²) in [4.78, 5) is 11.6. The molecule has 0 unspecified atom stereocenters. The Labute approximate surface area is 102 Å². The highest BCUT2D eigenvalue weighted by Crippen LogP contribution is 2.26. The van der Waals surface area contributed by atoms with E-state index in [1.807, 2.05) is 0 Å². The second-order valence-corrected chi connectivity index (χ2v) is 4.42. The lowest BCUT2D eigenvalue weighted by Gasteiger charge is -2.31. The SMILES string of the molecule is O=C(NCC1CC(O)C1)c1ccc(F)c(F)c1F. The summed E-state index contributed by atoms with van der Waals surface area (Å²) in [5.74, 6) is -5.10. The van der Waals surface area contributed by atoms with Gasteiger partial charge in [-0.3, -0.25) is 4.79 Å². The molecule has 0 spiro atoms. The van der Waals surface area contributed by atoms with Crippen LogP contribution in [0.15, 0.2) is 12.1 Å². The summed E-state index contributed by atoms with van der Waals surface area (Å²) in [6.07, 6.45) is 0.827. The number of hydrogen-bond donors (Lipinski definition) is 2. The molecule has 0 saturated heterocycles. The second-order valence-electron chi connectivity index (χ2n) is 4.42. The number of rotatable bonds is 3. The van der Waals surface area contributed by atoms with Gasteiger partial charge in [0.2, 0.25) is 0 Å². The minimum absolute atomic E-state index is 0.150. The first-order valence-electron chi connectivity index (χ1n) is 5.58. The van der Waals surface area contributed by atoms with Crippen molar-refractivity contribution in [3.63, 3.8) is 0 Å². The molecular formula is C12H12F3NO2. The van der Waals surface area contributed by atoms with E-state index in [0.29, 0.717) is 18.9 Å². The van der Waals surface area contributed by atoms with Crippen LogP contribution in [-0.4, -0.2) is 23.7 Å². The van der Waals surface area contributed by atoms with Crippen LogP contribution in [0.5, 0.6) is 0 Å². The molecule has 0 radical (unpaired) electrons. The van der Waals surface area contributed by atoms with Gasteiger partial charge < -0.3 is 10.4 Å². The standard InChI is InChI=1S/C12H12F3NO2/c13-9-2-1-8(10(14)11(9)15)12(18)16-5-6-3-7(17)4-6/h1-2,6-7,17H,3-5H2,(H,16,18). The van der Waals surface area contributed by atoms with Crippen molar-refractivity contribution in [2.45, 2.75) is 18.9 Å². The highest BCUT2D eigenvalue weighted by atomic mass is 19.2. The van der Waals surface area contributed by atoms with Gasteiger partial charge in [0.25, 0.3) is 5.91 Å². The van der Waals surface area contributed by atoms with Gasteiger partial charge in [0.1, 0.15) is 0 Å². The molecule has 1 aliphatic rings. The van der Waals surface area contributed by atoms with E-state index in [9.17, 15) is 18.0 Å². The lowest BCUT2D eigenvalue weighted by Crippen LogP contribution is -2.38. The Morgan fingerprint density at radius 3 is 2.56 bits per heavy atom. The maximum absolute atomic E-state index is 13.3. The van der Waals surface area contributed by atoms with Crippen LogP contribution in [0.4, 0.5) is 13.2 Å². The maximum atomic E-state index is 13.3. The number of hydrogen-bond acceptors (Lipinski definition) is 2. The van der Waals surface area contributed by atoms with Crippen LogP contribution in [0.1, 0.15) is 23.2 Å². The van der Waals surface area contributed by atoms with Crippen molar-refractivity contribution in [3.8, 4) is 0 Å². The number of carbonyl (C=O) groups is 1. The van der Waals surface area contributed by atoms with Crippen molar-refractivity contribution in [1.82, 2.24) is 5.32 Å². The number of carbonyl (C=O) groups excluding carboxylic acids is 1. The summed E-state index contributed by atoms with van der Waals surface area (Å²) in [6.45, 7) is 0.286. The molecule has 0 aromatic heterocycles. The molecule has 2 N–H and O–H groups in total. The summed E-state index contributed by atoms with van der Waals surface area (Å²) >= 11 is 0. The van der Waals surface area contributed by atoms with E-state index < -0.39 is 28.9 Å². The molecule has 18 heavy (non-hydrogen) atoms. The van der Waals surface area contributed by atoms with E-state index >= 15 is 0 Å². The fourth-order valence-corrected chi connectivity index (χ4v) is 1.90. The topological polar surface area (TPSA) is 49.3 Å². The van der Waals surface area contributed by atoms with Gasteiger partial charge >= 0.3 is 0 Å². The number of amides is 1. The van der Waals surface area contributed by atoms with Gasteiger partial charge in [0.15, 0.2) is 17.5 Å². The van der Waals surface area contributed by atoms with Crippen LogP contribution in [-0.2, 0) is 0 Å². The molecule has 2 rings (SSSR count). The average Bonchev–Trinajstić information content (AvgIpc) is 2.30. The number of aliphatic hydroxyl groups excluding tert-OH is 1. The number of nitrogens with one attached hydrogen (secondary N) is 1. The smallest absolute Gasteiger partial charge is 0.254 e. The lowest BCUT2D eigenvalue weighted by atomic mass is 9.82. The summed E-state index contributed by atoms with van der Waals surface area (Å²) < 4.78 is 38.9. The predicted octanol–water partition coefficient (Wildman–Crippen LogP) is 1.60. The van der Waals surface area contributed by atoms with E-state index in [4.69, 9.17) is 5.11 Å². The van der Waals surface area contributed by atoms with Crippen LogP contribution in [0, 0.1) is 23.4 Å². The fourth-order valence-electron chi connectivity index (χ4n) is 1.90. The zero-order valence-corrected chi connectivity index (χ0v) is 9.42. The third-order valence-electron chi connectivity index (χ3n) is 3.04. The van der Waals surface area contributed by atoms with E-state index in [1.165, 1.54) is 0 Å². The molecule has 0 atom stereocenters. The van der Waals surface area contributed by atoms with Gasteiger partial charge in [-0.2, -0.15) is 0 Å². The monoisotopic (exact) mass is 259 g/mol. The average molecular weight is 259 g/mol. The first kappa shape index (κ1) is 12.9. The summed E-state index contributed by atoms with van der Waals surface area (Å²) in [5, 5.41) is 11.5. The summed E-state index contributed by atoms with van der Waals surface area (Å²) in [5.41, 5.74) is -0.520. The van der Waals surface area contributed by atoms with Gasteiger partial charge in [-0.1, -0.05) is 0 Å². The Balaban J connectivity index is 1.98. The van der Waals surface area contributed by atoms with Gasteiger partial charge in [0, 0.05) is 6.54 Å². The Morgan fingerprint density at radius 2 is 1.94 bits per heavy atom. The largest absolute Gasteiger partial charge is 0.393 e. The highest BCUT2D eigenvalue weighted by Gasteiger charge is 2.28. The number of aliphatic hydroxyl groups is 1. The Kier molecular flexibility index (Phi) is 3.56. The molecule has 1 aliphatic carbocycles. The fraction of sp³-hybridized carbons (Fsp3) is 0.417. The van der Waals surface area contributed by atoms with E-state index in [1.54, 1.807) is 0 Å². The minimum Gasteiger partial charge on any atom is -0.393 e. The van der Waals surface area contributed by atoms with Crippen molar-refractivity contribution in [2.75, 3.05) is 6.54 Å². The molecular weight excluding hydrogens is 247 g/mol. The van der Waals surface area contributed by atoms with Gasteiger partial charge in [-0.25, -0.2) is 13.2 Å². The lowest BCUT2D eigenvalue weighted by molar-refractivity contribution is 0.0419. The first-order valence-corrected chi connectivity index (χ1v) is 5.58. The Hall–Kier alpha value is -1.56. The highest BCUT2D eigenvalue weighted by molar-refractivity contribution is 5.94. The van der Waals surface area contributed by atoms with Gasteiger partial charge in [-0.05, 0) is 30.9 Å². The van der Waals surface area contributed by atoms with Crippen molar-refractivity contribution in [3.05, 3.63) is 35.1 Å². The third-order valence-corrected chi connectivity index (χ3v) is 3.04. The number of benzene rings is 1. The van der Waals surface area contributed by atoms with Gasteiger partial charge in [-0.15, -0.1) is 0 Å². The number of halogens is 3. The van der Waals surface area contributed by atoms with Crippen molar-refractivity contribution < 1.29 is 23.1 Å². The molecule has 3 nitrogen and oxygen atoms in total. The third kappa shape index (κ3) is 2.48. The Bertz CT molecular complexity index is 473. The second kappa shape index (κ2) is 4.97. The first-order chi connectivity index (χ1) is 8.49. The van der Waals surface area contributed by atoms with Crippen molar-refractivity contribution in [2.24, 2.45) is 5.92 Å². The molecule has 98 valence electrons. The van der Waals surface area contributed by atoms with Crippen LogP contribution in [0.2, 0.25) is 0 Å². The predicted molar refractivity (Wildman–Crippen MR) is 57.4 cm³/mol. The summed E-state index contributed by atoms with van der Waals surface area (Å²) in [6, 6.07) is 1.61. The molecule has 0 aliphatic heterocycles. The molecule has 1 amide bonds.